The number of carbonyl (C=O) groups excluding carboxylic acids is 1. The minimum absolute atomic E-state index is 0.270. The number of fused-ring (bicyclic) bond motifs is 2. The van der Waals surface area contributed by atoms with Crippen LogP contribution in [0.25, 0.3) is 10.5 Å². The number of carbonyl (C=O) groups is 1. The molecule has 0 bridgehead atoms. The predicted molar refractivity (Wildman–Crippen MR) is 107 cm³/mol. The minimum atomic E-state index is -0.365. The number of rotatable bonds is 2. The molecular formula is C19H10BrFN4O2S. The maximum Gasteiger partial charge on any atom is 0.291 e. The van der Waals surface area contributed by atoms with Gasteiger partial charge in [-0.05, 0) is 35.9 Å². The molecule has 2 aromatic heterocycles. The highest BCUT2D eigenvalue weighted by atomic mass is 79.9. The van der Waals surface area contributed by atoms with Gasteiger partial charge in [-0.1, -0.05) is 39.4 Å². The van der Waals surface area contributed by atoms with Crippen molar-refractivity contribution >= 4 is 49.4 Å². The second kappa shape index (κ2) is 6.32. The van der Waals surface area contributed by atoms with Gasteiger partial charge in [0.25, 0.3) is 11.5 Å². The van der Waals surface area contributed by atoms with Crippen LogP contribution < -0.4 is 15.0 Å². The molecule has 4 aromatic rings. The zero-order valence-electron chi connectivity index (χ0n) is 14.1. The fraction of sp³-hybridized carbons (Fsp3) is 0.0526. The van der Waals surface area contributed by atoms with Gasteiger partial charge in [-0.15, -0.1) is 0 Å². The van der Waals surface area contributed by atoms with Gasteiger partial charge in [-0.3, -0.25) is 9.59 Å². The molecule has 0 unspecified atom stereocenters. The fourth-order valence-corrected chi connectivity index (χ4v) is 4.61. The maximum absolute atomic E-state index is 13.3. The molecule has 1 aliphatic rings. The van der Waals surface area contributed by atoms with Crippen molar-refractivity contribution in [1.29, 1.82) is 0 Å². The Morgan fingerprint density at radius 1 is 1.11 bits per heavy atom. The third kappa shape index (κ3) is 2.58. The summed E-state index contributed by atoms with van der Waals surface area (Å²) < 4.78 is 15.5. The Bertz CT molecular complexity index is 1360. The third-order valence-corrected chi connectivity index (χ3v) is 6.09. The second-order valence-electron chi connectivity index (χ2n) is 6.24. The van der Waals surface area contributed by atoms with Gasteiger partial charge in [-0.25, -0.2) is 9.37 Å². The zero-order valence-corrected chi connectivity index (χ0v) is 16.5. The van der Waals surface area contributed by atoms with E-state index in [1.54, 1.807) is 17.0 Å². The van der Waals surface area contributed by atoms with E-state index in [2.05, 4.69) is 26.0 Å². The Morgan fingerprint density at radius 2 is 1.89 bits per heavy atom. The number of amides is 1. The maximum atomic E-state index is 13.3. The van der Waals surface area contributed by atoms with Gasteiger partial charge in [-0.2, -0.15) is 9.61 Å². The summed E-state index contributed by atoms with van der Waals surface area (Å²) in [5.41, 5.74) is 2.12. The Hall–Kier alpha value is -2.91. The smallest absolute Gasteiger partial charge is 0.291 e. The first-order valence-electron chi connectivity index (χ1n) is 8.26. The molecule has 0 saturated heterocycles. The quantitative estimate of drug-likeness (QED) is 0.464. The van der Waals surface area contributed by atoms with E-state index >= 15 is 0 Å². The first kappa shape index (κ1) is 17.2. The lowest BCUT2D eigenvalue weighted by atomic mass is 10.1. The highest BCUT2D eigenvalue weighted by Gasteiger charge is 2.34. The van der Waals surface area contributed by atoms with Gasteiger partial charge in [0.2, 0.25) is 4.96 Å². The number of benzene rings is 2. The van der Waals surface area contributed by atoms with Crippen molar-refractivity contribution in [3.05, 3.63) is 85.1 Å². The van der Waals surface area contributed by atoms with Gasteiger partial charge in [0.05, 0.1) is 17.8 Å². The van der Waals surface area contributed by atoms with Gasteiger partial charge in [0.1, 0.15) is 16.7 Å². The Labute approximate surface area is 169 Å². The molecule has 28 heavy (non-hydrogen) atoms. The highest BCUT2D eigenvalue weighted by molar-refractivity contribution is 9.10. The molecule has 6 nitrogen and oxygen atoms in total. The molecule has 5 rings (SSSR count). The molecule has 3 heterocycles. The number of anilines is 1. The van der Waals surface area contributed by atoms with Crippen LogP contribution in [0.3, 0.4) is 0 Å². The van der Waals surface area contributed by atoms with Crippen molar-refractivity contribution in [3.63, 3.8) is 0 Å². The van der Waals surface area contributed by atoms with Crippen molar-refractivity contribution in [1.82, 2.24) is 14.6 Å². The molecule has 0 atom stereocenters. The Kier molecular flexibility index (Phi) is 3.88. The summed E-state index contributed by atoms with van der Waals surface area (Å²) in [5.74, 6) is -0.613. The Morgan fingerprint density at radius 3 is 2.64 bits per heavy atom. The molecule has 138 valence electrons. The lowest BCUT2D eigenvalue weighted by Crippen LogP contribution is -2.32. The van der Waals surface area contributed by atoms with E-state index in [4.69, 9.17) is 0 Å². The first-order valence-corrected chi connectivity index (χ1v) is 9.87. The number of thiazole rings is 1. The number of hydrogen-bond donors (Lipinski definition) is 0. The normalized spacial score (nSPS) is 15.5. The van der Waals surface area contributed by atoms with E-state index < -0.39 is 0 Å². The Balaban J connectivity index is 1.73. The molecule has 0 fully saturated rings. The molecule has 0 N–H and O–H groups in total. The second-order valence-corrected chi connectivity index (χ2v) is 8.14. The highest BCUT2D eigenvalue weighted by Crippen LogP contribution is 2.38. The number of aromatic nitrogens is 3. The van der Waals surface area contributed by atoms with Gasteiger partial charge < -0.3 is 4.90 Å². The minimum Gasteiger partial charge on any atom is -0.303 e. The summed E-state index contributed by atoms with van der Waals surface area (Å²) in [5, 5.41) is 3.92. The van der Waals surface area contributed by atoms with Crippen molar-refractivity contribution in [2.45, 2.75) is 6.54 Å². The van der Waals surface area contributed by atoms with Crippen LogP contribution in [0.1, 0.15) is 11.1 Å². The SMILES string of the molecule is O=C1/C(=c2\sc3ncnn3c2=O)c2cc(Br)ccc2N1Cc1ccc(F)cc1. The zero-order chi connectivity index (χ0) is 19.4. The van der Waals surface area contributed by atoms with Crippen LogP contribution >= 0.6 is 27.3 Å². The summed E-state index contributed by atoms with van der Waals surface area (Å²) in [4.78, 5) is 32.1. The monoisotopic (exact) mass is 456 g/mol. The van der Waals surface area contributed by atoms with Crippen LogP contribution in [0.2, 0.25) is 0 Å². The molecular weight excluding hydrogens is 447 g/mol. The van der Waals surface area contributed by atoms with E-state index in [0.29, 0.717) is 26.3 Å². The summed E-state index contributed by atoms with van der Waals surface area (Å²) in [6, 6.07) is 11.5. The van der Waals surface area contributed by atoms with Crippen molar-refractivity contribution in [3.8, 4) is 0 Å². The van der Waals surface area contributed by atoms with Gasteiger partial charge in [0.15, 0.2) is 0 Å². The molecule has 0 aliphatic carbocycles. The third-order valence-electron chi connectivity index (χ3n) is 4.56. The standard InChI is InChI=1S/C19H10BrFN4O2S/c20-11-3-6-14-13(7-11)15(16-18(27)25-19(28-16)22-9-23-25)17(26)24(14)8-10-1-4-12(21)5-2-10/h1-7,9H,8H2/b16-15-. The fourth-order valence-electron chi connectivity index (χ4n) is 3.28. The van der Waals surface area contributed by atoms with E-state index in [-0.39, 0.29) is 23.8 Å². The van der Waals surface area contributed by atoms with Crippen molar-refractivity contribution in [2.24, 2.45) is 0 Å². The topological polar surface area (TPSA) is 67.6 Å². The van der Waals surface area contributed by atoms with Crippen LogP contribution in [0.5, 0.6) is 0 Å². The summed E-state index contributed by atoms with van der Waals surface area (Å²) in [7, 11) is 0. The van der Waals surface area contributed by atoms with Crippen LogP contribution in [0.15, 0.2) is 58.1 Å². The van der Waals surface area contributed by atoms with Crippen molar-refractivity contribution in [2.75, 3.05) is 4.90 Å². The van der Waals surface area contributed by atoms with E-state index in [0.717, 1.165) is 21.4 Å². The van der Waals surface area contributed by atoms with Gasteiger partial charge in [0, 0.05) is 10.0 Å². The average Bonchev–Trinajstić information content (AvgIpc) is 3.32. The van der Waals surface area contributed by atoms with E-state index in [1.807, 2.05) is 18.2 Å². The van der Waals surface area contributed by atoms with E-state index in [1.165, 1.54) is 23.0 Å². The van der Waals surface area contributed by atoms with Crippen LogP contribution in [0.4, 0.5) is 10.1 Å². The average molecular weight is 457 g/mol. The summed E-state index contributed by atoms with van der Waals surface area (Å²) in [6.07, 6.45) is 1.31. The molecule has 1 amide bonds. The predicted octanol–water partition coefficient (Wildman–Crippen LogP) is 2.52. The van der Waals surface area contributed by atoms with Crippen molar-refractivity contribution < 1.29 is 9.18 Å². The number of hydrogen-bond acceptors (Lipinski definition) is 5. The van der Waals surface area contributed by atoms with Crippen LogP contribution in [-0.4, -0.2) is 20.5 Å². The molecule has 0 spiro atoms. The first-order chi connectivity index (χ1) is 13.5. The lowest BCUT2D eigenvalue weighted by molar-refractivity contribution is -0.113. The van der Waals surface area contributed by atoms with Crippen LogP contribution in [0, 0.1) is 5.82 Å². The molecule has 0 saturated carbocycles. The van der Waals surface area contributed by atoms with E-state index in [9.17, 15) is 14.0 Å². The number of nitrogens with zero attached hydrogens (tertiary/aromatic N) is 4. The summed E-state index contributed by atoms with van der Waals surface area (Å²) >= 11 is 4.57. The molecule has 9 heteroatoms. The largest absolute Gasteiger partial charge is 0.303 e. The lowest BCUT2D eigenvalue weighted by Gasteiger charge is -2.17. The molecule has 0 radical (unpaired) electrons. The van der Waals surface area contributed by atoms with Crippen LogP contribution in [-0.2, 0) is 11.3 Å². The number of halogens is 2. The van der Waals surface area contributed by atoms with Gasteiger partial charge >= 0.3 is 0 Å². The summed E-state index contributed by atoms with van der Waals surface area (Å²) in [6.45, 7) is 0.270. The molecule has 1 aliphatic heterocycles. The molecule has 2 aromatic carbocycles.